The van der Waals surface area contributed by atoms with Crippen LogP contribution < -0.4 is 0 Å². The monoisotopic (exact) mass is 295 g/mol. The average molecular weight is 295 g/mol. The summed E-state index contributed by atoms with van der Waals surface area (Å²) < 4.78 is 0. The van der Waals surface area contributed by atoms with E-state index in [1.54, 1.807) is 18.5 Å². The first kappa shape index (κ1) is 13.9. The van der Waals surface area contributed by atoms with E-state index in [1.807, 2.05) is 18.2 Å². The van der Waals surface area contributed by atoms with Crippen LogP contribution in [0.1, 0.15) is 27.6 Å². The zero-order valence-corrected chi connectivity index (χ0v) is 11.6. The van der Waals surface area contributed by atoms with Crippen molar-refractivity contribution in [1.29, 1.82) is 0 Å². The zero-order valence-electron chi connectivity index (χ0n) is 11.6. The molecule has 0 radical (unpaired) electrons. The third kappa shape index (κ3) is 2.98. The van der Waals surface area contributed by atoms with Crippen LogP contribution in [0.4, 0.5) is 0 Å². The van der Waals surface area contributed by atoms with Gasteiger partial charge in [-0.3, -0.25) is 19.7 Å². The Labute approximate surface area is 125 Å². The van der Waals surface area contributed by atoms with Gasteiger partial charge in [0.25, 0.3) is 5.78 Å². The molecule has 7 nitrogen and oxygen atoms in total. The molecule has 0 amide bonds. The van der Waals surface area contributed by atoms with Crippen molar-refractivity contribution in [3.05, 3.63) is 65.8 Å². The lowest BCUT2D eigenvalue weighted by molar-refractivity contribution is -0.114. The molecule has 3 heterocycles. The summed E-state index contributed by atoms with van der Waals surface area (Å²) in [5.74, 6) is -1.33. The van der Waals surface area contributed by atoms with E-state index in [2.05, 4.69) is 25.1 Å². The molecule has 22 heavy (non-hydrogen) atoms. The third-order valence-electron chi connectivity index (χ3n) is 3.24. The van der Waals surface area contributed by atoms with Gasteiger partial charge in [0, 0.05) is 36.6 Å². The Kier molecular flexibility index (Phi) is 3.86. The quantitative estimate of drug-likeness (QED) is 0.523. The number of nitrogens with one attached hydrogen (secondary N) is 2. The highest BCUT2D eigenvalue weighted by Crippen LogP contribution is 2.13. The molecule has 0 unspecified atom stereocenters. The second-order valence-electron chi connectivity index (χ2n) is 4.73. The van der Waals surface area contributed by atoms with Crippen LogP contribution in [0.15, 0.2) is 43.0 Å². The molecule has 110 valence electrons. The second kappa shape index (κ2) is 6.13. The van der Waals surface area contributed by atoms with Crippen LogP contribution in [-0.4, -0.2) is 36.7 Å². The van der Waals surface area contributed by atoms with Crippen molar-refractivity contribution in [2.45, 2.75) is 12.8 Å². The Morgan fingerprint density at radius 3 is 2.77 bits per heavy atom. The first-order valence-corrected chi connectivity index (χ1v) is 6.72. The molecule has 0 aromatic carbocycles. The molecule has 0 fully saturated rings. The molecule has 0 aliphatic heterocycles. The van der Waals surface area contributed by atoms with Gasteiger partial charge >= 0.3 is 0 Å². The van der Waals surface area contributed by atoms with E-state index in [1.165, 1.54) is 6.33 Å². The molecule has 0 aliphatic rings. The van der Waals surface area contributed by atoms with Crippen LogP contribution in [0.5, 0.6) is 0 Å². The Morgan fingerprint density at radius 2 is 2.05 bits per heavy atom. The predicted molar refractivity (Wildman–Crippen MR) is 77.3 cm³/mol. The number of pyridine rings is 1. The summed E-state index contributed by atoms with van der Waals surface area (Å²) in [6, 6.07) is 7.45. The predicted octanol–water partition coefficient (Wildman–Crippen LogP) is 1.11. The molecule has 0 saturated carbocycles. The van der Waals surface area contributed by atoms with E-state index >= 15 is 0 Å². The molecule has 3 rings (SSSR count). The molecular formula is C15H13N5O2. The summed E-state index contributed by atoms with van der Waals surface area (Å²) in [5.41, 5.74) is 2.54. The van der Waals surface area contributed by atoms with E-state index in [4.69, 9.17) is 0 Å². The van der Waals surface area contributed by atoms with Crippen LogP contribution in [0.3, 0.4) is 0 Å². The highest BCUT2D eigenvalue weighted by Gasteiger charge is 2.21. The number of carbonyl (C=O) groups excluding carboxylic acids is 2. The van der Waals surface area contributed by atoms with Crippen LogP contribution in [0, 0.1) is 0 Å². The zero-order chi connectivity index (χ0) is 15.4. The third-order valence-corrected chi connectivity index (χ3v) is 3.24. The molecule has 3 aromatic rings. The van der Waals surface area contributed by atoms with Crippen LogP contribution in [-0.2, 0) is 17.6 Å². The van der Waals surface area contributed by atoms with E-state index in [0.29, 0.717) is 6.42 Å². The van der Waals surface area contributed by atoms with E-state index in [9.17, 15) is 9.59 Å². The maximum Gasteiger partial charge on any atom is 0.267 e. The number of aromatic nitrogens is 5. The maximum atomic E-state index is 12.0. The van der Waals surface area contributed by atoms with Gasteiger partial charge < -0.3 is 4.98 Å². The summed E-state index contributed by atoms with van der Waals surface area (Å²) in [4.78, 5) is 35.0. The van der Waals surface area contributed by atoms with Gasteiger partial charge in [-0.2, -0.15) is 0 Å². The van der Waals surface area contributed by atoms with Gasteiger partial charge in [0.05, 0.1) is 0 Å². The van der Waals surface area contributed by atoms with Crippen molar-refractivity contribution < 1.29 is 9.59 Å². The minimum Gasteiger partial charge on any atom is -0.364 e. The van der Waals surface area contributed by atoms with Gasteiger partial charge in [0.2, 0.25) is 11.6 Å². The molecule has 0 spiro atoms. The molecule has 7 heteroatoms. The maximum absolute atomic E-state index is 12.0. The van der Waals surface area contributed by atoms with Gasteiger partial charge in [0.15, 0.2) is 0 Å². The lowest BCUT2D eigenvalue weighted by Gasteiger charge is -2.03. The number of aromatic amines is 2. The van der Waals surface area contributed by atoms with E-state index in [-0.39, 0.29) is 12.2 Å². The Hall–Kier alpha value is -3.09. The summed E-state index contributed by atoms with van der Waals surface area (Å²) in [7, 11) is 0. The second-order valence-corrected chi connectivity index (χ2v) is 4.73. The number of hydrogen-bond acceptors (Lipinski definition) is 5. The summed E-state index contributed by atoms with van der Waals surface area (Å²) in [5, 5.41) is 6.05. The lowest BCUT2D eigenvalue weighted by atomic mass is 10.0. The van der Waals surface area contributed by atoms with Gasteiger partial charge in [-0.25, -0.2) is 4.98 Å². The topological polar surface area (TPSA) is 104 Å². The Balaban J connectivity index is 1.72. The van der Waals surface area contributed by atoms with Gasteiger partial charge in [-0.15, -0.1) is 5.10 Å². The largest absolute Gasteiger partial charge is 0.364 e. The fraction of sp³-hybridized carbons (Fsp3) is 0.133. The minimum absolute atomic E-state index is 0.0129. The number of Topliss-reactive ketones (excluding diaryl/α,β-unsaturated/α-hetero) is 2. The number of hydrogen-bond donors (Lipinski definition) is 2. The van der Waals surface area contributed by atoms with Gasteiger partial charge in [-0.05, 0) is 23.8 Å². The number of rotatable bonds is 6. The first-order chi connectivity index (χ1) is 10.7. The van der Waals surface area contributed by atoms with Crippen molar-refractivity contribution >= 4 is 11.6 Å². The van der Waals surface area contributed by atoms with Crippen molar-refractivity contribution in [2.75, 3.05) is 0 Å². The smallest absolute Gasteiger partial charge is 0.267 e. The number of carbonyl (C=O) groups is 2. The van der Waals surface area contributed by atoms with Crippen molar-refractivity contribution in [3.63, 3.8) is 0 Å². The van der Waals surface area contributed by atoms with E-state index in [0.717, 1.165) is 17.0 Å². The summed E-state index contributed by atoms with van der Waals surface area (Å²) in [6.07, 6.45) is 5.32. The molecule has 0 saturated heterocycles. The van der Waals surface area contributed by atoms with Gasteiger partial charge in [0.1, 0.15) is 6.33 Å². The highest BCUT2D eigenvalue weighted by atomic mass is 16.2. The Bertz CT molecular complexity index is 777. The first-order valence-electron chi connectivity index (χ1n) is 6.72. The molecule has 0 atom stereocenters. The van der Waals surface area contributed by atoms with E-state index < -0.39 is 11.6 Å². The fourth-order valence-electron chi connectivity index (χ4n) is 2.15. The SMILES string of the molecule is O=C(Cc1cc[nH]c1Cc1ccccn1)C(=O)c1nc[nH]n1. The molecule has 0 bridgehead atoms. The summed E-state index contributed by atoms with van der Waals surface area (Å²) in [6.45, 7) is 0. The lowest BCUT2D eigenvalue weighted by Crippen LogP contribution is -2.18. The molecule has 2 N–H and O–H groups in total. The highest BCUT2D eigenvalue weighted by molar-refractivity contribution is 6.43. The molecular weight excluding hydrogens is 282 g/mol. The minimum atomic E-state index is -0.689. The number of ketones is 2. The summed E-state index contributed by atoms with van der Waals surface area (Å²) >= 11 is 0. The van der Waals surface area contributed by atoms with Crippen LogP contribution >= 0.6 is 0 Å². The van der Waals surface area contributed by atoms with Crippen LogP contribution in [0.25, 0.3) is 0 Å². The van der Waals surface area contributed by atoms with Crippen molar-refractivity contribution in [3.8, 4) is 0 Å². The normalized spacial score (nSPS) is 10.5. The van der Waals surface area contributed by atoms with Crippen molar-refractivity contribution in [2.24, 2.45) is 0 Å². The average Bonchev–Trinajstić information content (AvgIpc) is 3.20. The number of nitrogens with zero attached hydrogens (tertiary/aromatic N) is 3. The van der Waals surface area contributed by atoms with Crippen LogP contribution in [0.2, 0.25) is 0 Å². The molecule has 0 aliphatic carbocycles. The van der Waals surface area contributed by atoms with Crippen molar-refractivity contribution in [1.82, 2.24) is 25.1 Å². The standard InChI is InChI=1S/C15H13N5O2/c21-13(14(22)15-18-9-19-20-15)7-10-4-6-17-12(10)8-11-3-1-2-5-16-11/h1-6,9,17H,7-8H2,(H,18,19,20). The number of H-pyrrole nitrogens is 2. The fourth-order valence-corrected chi connectivity index (χ4v) is 2.15. The molecule has 3 aromatic heterocycles. The Morgan fingerprint density at radius 1 is 1.14 bits per heavy atom. The van der Waals surface area contributed by atoms with Gasteiger partial charge in [-0.1, -0.05) is 6.07 Å².